The Morgan fingerprint density at radius 1 is 1.06 bits per heavy atom. The van der Waals surface area contributed by atoms with E-state index in [0.717, 1.165) is 12.8 Å². The van der Waals surface area contributed by atoms with Gasteiger partial charge in [0.05, 0.1) is 5.75 Å². The van der Waals surface area contributed by atoms with Gasteiger partial charge >= 0.3 is 5.97 Å². The fourth-order valence-corrected chi connectivity index (χ4v) is 1.96. The van der Waals surface area contributed by atoms with Gasteiger partial charge in [-0.2, -0.15) is 12.6 Å². The summed E-state index contributed by atoms with van der Waals surface area (Å²) in [5, 5.41) is 0. The van der Waals surface area contributed by atoms with Crippen LogP contribution in [0.2, 0.25) is 0 Å². The van der Waals surface area contributed by atoms with Gasteiger partial charge in [-0.1, -0.05) is 45.4 Å². The molecule has 102 valence electrons. The average molecular weight is 260 g/mol. The first-order valence-electron chi connectivity index (χ1n) is 6.84. The van der Waals surface area contributed by atoms with E-state index in [1.54, 1.807) is 0 Å². The lowest BCUT2D eigenvalue weighted by molar-refractivity contribution is -0.153. The zero-order valence-corrected chi connectivity index (χ0v) is 12.5. The van der Waals surface area contributed by atoms with Crippen LogP contribution >= 0.6 is 12.6 Å². The molecule has 0 aliphatic rings. The van der Waals surface area contributed by atoms with Crippen LogP contribution in [0.15, 0.2) is 0 Å². The van der Waals surface area contributed by atoms with E-state index in [9.17, 15) is 4.79 Å². The molecule has 0 heterocycles. The molecule has 0 amide bonds. The van der Waals surface area contributed by atoms with Crippen LogP contribution in [0.4, 0.5) is 0 Å². The fourth-order valence-electron chi connectivity index (χ4n) is 1.90. The van der Waals surface area contributed by atoms with Gasteiger partial charge in [0.15, 0.2) is 0 Å². The monoisotopic (exact) mass is 260 g/mol. The predicted octanol–water partition coefficient (Wildman–Crippen LogP) is 4.38. The molecule has 3 heteroatoms. The molecule has 17 heavy (non-hydrogen) atoms. The molecule has 0 N–H and O–H groups in total. The number of hydrogen-bond donors (Lipinski definition) is 1. The first kappa shape index (κ1) is 16.8. The second-order valence-corrected chi connectivity index (χ2v) is 5.58. The summed E-state index contributed by atoms with van der Waals surface area (Å²) in [5.74, 6) is -0.0539. The minimum atomic E-state index is -0.330. The molecular formula is C14H28O2S. The summed E-state index contributed by atoms with van der Waals surface area (Å²) in [6, 6.07) is 0. The van der Waals surface area contributed by atoms with Gasteiger partial charge in [-0.05, 0) is 26.7 Å². The molecular weight excluding hydrogens is 232 g/mol. The zero-order valence-electron chi connectivity index (χ0n) is 11.6. The smallest absolute Gasteiger partial charge is 0.316 e. The quantitative estimate of drug-likeness (QED) is 0.358. The third kappa shape index (κ3) is 10.7. The van der Waals surface area contributed by atoms with Gasteiger partial charge in [-0.3, -0.25) is 4.79 Å². The maximum Gasteiger partial charge on any atom is 0.316 e. The van der Waals surface area contributed by atoms with Crippen molar-refractivity contribution in [3.05, 3.63) is 0 Å². The van der Waals surface area contributed by atoms with Crippen LogP contribution in [0.3, 0.4) is 0 Å². The third-order valence-electron chi connectivity index (χ3n) is 2.90. The van der Waals surface area contributed by atoms with Crippen LogP contribution in [0.25, 0.3) is 0 Å². The summed E-state index contributed by atoms with van der Waals surface area (Å²) < 4.78 is 5.32. The van der Waals surface area contributed by atoms with Gasteiger partial charge in [0.2, 0.25) is 0 Å². The summed E-state index contributed by atoms with van der Waals surface area (Å²) in [5.41, 5.74) is -0.330. The molecule has 0 spiro atoms. The Bertz CT molecular complexity index is 202. The van der Waals surface area contributed by atoms with Crippen LogP contribution < -0.4 is 0 Å². The maximum atomic E-state index is 11.1. The van der Waals surface area contributed by atoms with E-state index in [-0.39, 0.29) is 17.3 Å². The standard InChI is InChI=1S/C14H28O2S/c1-4-5-6-7-8-9-10-11-14(2,3)16-13(15)12-17/h17H,4-12H2,1-3H3. The van der Waals surface area contributed by atoms with Crippen LogP contribution in [0, 0.1) is 0 Å². The number of esters is 1. The third-order valence-corrected chi connectivity index (χ3v) is 3.16. The van der Waals surface area contributed by atoms with Crippen LogP contribution in [-0.2, 0) is 9.53 Å². The van der Waals surface area contributed by atoms with Crippen LogP contribution in [0.5, 0.6) is 0 Å². The number of carbonyl (C=O) groups is 1. The van der Waals surface area contributed by atoms with Crippen molar-refractivity contribution in [2.75, 3.05) is 5.75 Å². The van der Waals surface area contributed by atoms with Gasteiger partial charge in [0.25, 0.3) is 0 Å². The normalized spacial score (nSPS) is 11.5. The van der Waals surface area contributed by atoms with E-state index in [2.05, 4.69) is 19.6 Å². The Labute approximate surface area is 112 Å². The van der Waals surface area contributed by atoms with E-state index < -0.39 is 0 Å². The highest BCUT2D eigenvalue weighted by molar-refractivity contribution is 7.81. The zero-order chi connectivity index (χ0) is 13.1. The molecule has 0 aromatic heterocycles. The number of hydrogen-bond acceptors (Lipinski definition) is 3. The minimum Gasteiger partial charge on any atom is -0.459 e. The molecule has 0 radical (unpaired) electrons. The van der Waals surface area contributed by atoms with Gasteiger partial charge in [-0.15, -0.1) is 0 Å². The lowest BCUT2D eigenvalue weighted by atomic mass is 9.99. The average Bonchev–Trinajstić information content (AvgIpc) is 2.27. The van der Waals surface area contributed by atoms with E-state index in [4.69, 9.17) is 4.74 Å². The highest BCUT2D eigenvalue weighted by Gasteiger charge is 2.21. The number of rotatable bonds is 10. The summed E-state index contributed by atoms with van der Waals surface area (Å²) in [7, 11) is 0. The highest BCUT2D eigenvalue weighted by Crippen LogP contribution is 2.19. The first-order valence-corrected chi connectivity index (χ1v) is 7.48. The summed E-state index contributed by atoms with van der Waals surface area (Å²) in [6.45, 7) is 6.19. The van der Waals surface area contributed by atoms with E-state index in [1.165, 1.54) is 38.5 Å². The summed E-state index contributed by atoms with van der Waals surface area (Å²) in [4.78, 5) is 11.1. The van der Waals surface area contributed by atoms with Crippen molar-refractivity contribution in [1.82, 2.24) is 0 Å². The fraction of sp³-hybridized carbons (Fsp3) is 0.929. The molecule has 0 atom stereocenters. The van der Waals surface area contributed by atoms with Crippen molar-refractivity contribution in [3.63, 3.8) is 0 Å². The predicted molar refractivity (Wildman–Crippen MR) is 76.6 cm³/mol. The van der Waals surface area contributed by atoms with Crippen LogP contribution in [0.1, 0.15) is 72.1 Å². The molecule has 0 saturated heterocycles. The lowest BCUT2D eigenvalue weighted by Gasteiger charge is -2.24. The topological polar surface area (TPSA) is 26.3 Å². The van der Waals surface area contributed by atoms with Crippen molar-refractivity contribution in [1.29, 1.82) is 0 Å². The van der Waals surface area contributed by atoms with Crippen molar-refractivity contribution in [2.24, 2.45) is 0 Å². The Morgan fingerprint density at radius 2 is 1.59 bits per heavy atom. The van der Waals surface area contributed by atoms with Crippen molar-refractivity contribution < 1.29 is 9.53 Å². The molecule has 0 unspecified atom stereocenters. The second-order valence-electron chi connectivity index (χ2n) is 5.26. The molecule has 0 saturated carbocycles. The molecule has 0 rings (SSSR count). The molecule has 2 nitrogen and oxygen atoms in total. The lowest BCUT2D eigenvalue weighted by Crippen LogP contribution is -2.28. The molecule has 0 aromatic rings. The summed E-state index contributed by atoms with van der Waals surface area (Å²) >= 11 is 3.91. The van der Waals surface area contributed by atoms with E-state index in [0.29, 0.717) is 0 Å². The largest absolute Gasteiger partial charge is 0.459 e. The van der Waals surface area contributed by atoms with Gasteiger partial charge < -0.3 is 4.74 Å². The van der Waals surface area contributed by atoms with Crippen molar-refractivity contribution >= 4 is 18.6 Å². The number of carbonyl (C=O) groups excluding carboxylic acids is 1. The highest BCUT2D eigenvalue weighted by atomic mass is 32.1. The van der Waals surface area contributed by atoms with Crippen molar-refractivity contribution in [2.45, 2.75) is 77.7 Å². The summed E-state index contributed by atoms with van der Waals surface area (Å²) in [6.07, 6.45) is 9.97. The first-order chi connectivity index (χ1) is 8.02. The SMILES string of the molecule is CCCCCCCCCC(C)(C)OC(=O)CS. The molecule has 0 aliphatic heterocycles. The van der Waals surface area contributed by atoms with Gasteiger partial charge in [0, 0.05) is 0 Å². The molecule has 0 aliphatic carbocycles. The van der Waals surface area contributed by atoms with Crippen LogP contribution in [-0.4, -0.2) is 17.3 Å². The Kier molecular flexibility index (Phi) is 9.71. The molecule has 0 bridgehead atoms. The van der Waals surface area contributed by atoms with Gasteiger partial charge in [-0.25, -0.2) is 0 Å². The Morgan fingerprint density at radius 3 is 2.12 bits per heavy atom. The second kappa shape index (κ2) is 9.81. The number of thiol groups is 1. The van der Waals surface area contributed by atoms with Crippen molar-refractivity contribution in [3.8, 4) is 0 Å². The maximum absolute atomic E-state index is 11.1. The Hall–Kier alpha value is -0.180. The number of ether oxygens (including phenoxy) is 1. The molecule has 0 aromatic carbocycles. The van der Waals surface area contributed by atoms with Gasteiger partial charge in [0.1, 0.15) is 5.60 Å². The van der Waals surface area contributed by atoms with E-state index in [1.807, 2.05) is 13.8 Å². The Balaban J connectivity index is 3.48. The molecule has 0 fully saturated rings. The number of unbranched alkanes of at least 4 members (excludes halogenated alkanes) is 6. The van der Waals surface area contributed by atoms with E-state index >= 15 is 0 Å². The minimum absolute atomic E-state index is 0.167.